The van der Waals surface area contributed by atoms with Crippen molar-refractivity contribution in [3.8, 4) is 0 Å². The highest BCUT2D eigenvalue weighted by atomic mass is 32.2. The van der Waals surface area contributed by atoms with Crippen LogP contribution in [0.5, 0.6) is 0 Å². The zero-order chi connectivity index (χ0) is 13.8. The summed E-state index contributed by atoms with van der Waals surface area (Å²) in [6.07, 6.45) is 0. The van der Waals surface area contributed by atoms with Crippen LogP contribution < -0.4 is 17.0 Å². The van der Waals surface area contributed by atoms with Crippen molar-refractivity contribution in [3.63, 3.8) is 0 Å². The lowest BCUT2D eigenvalue weighted by Gasteiger charge is -2.02. The molecule has 0 radical (unpaired) electrons. The van der Waals surface area contributed by atoms with Gasteiger partial charge in [0.05, 0.1) is 5.75 Å². The lowest BCUT2D eigenvalue weighted by Crippen LogP contribution is -2.29. The van der Waals surface area contributed by atoms with Crippen molar-refractivity contribution in [1.29, 1.82) is 0 Å². The molecule has 100 valence electrons. The molecular formula is C12H12FN3O2S. The Hall–Kier alpha value is -1.99. The van der Waals surface area contributed by atoms with Crippen LogP contribution in [0.3, 0.4) is 0 Å². The molecule has 0 unspecified atom stereocenters. The highest BCUT2D eigenvalue weighted by Crippen LogP contribution is 2.26. The molecule has 0 bridgehead atoms. The molecule has 0 aliphatic heterocycles. The number of rotatable bonds is 4. The van der Waals surface area contributed by atoms with Crippen LogP contribution in [-0.2, 0) is 5.75 Å². The minimum Gasteiger partial charge on any atom is -0.455 e. The molecule has 5 nitrogen and oxygen atoms in total. The maximum atomic E-state index is 13.1. The third kappa shape index (κ3) is 3.49. The monoisotopic (exact) mass is 281 g/mol. The van der Waals surface area contributed by atoms with Crippen molar-refractivity contribution < 1.29 is 13.6 Å². The molecule has 0 spiro atoms. The van der Waals surface area contributed by atoms with E-state index in [4.69, 9.17) is 16.0 Å². The number of amides is 1. The summed E-state index contributed by atoms with van der Waals surface area (Å²) in [7, 11) is 0. The van der Waals surface area contributed by atoms with Crippen LogP contribution in [0, 0.1) is 5.82 Å². The maximum absolute atomic E-state index is 13.1. The van der Waals surface area contributed by atoms with E-state index in [1.165, 1.54) is 30.0 Å². The van der Waals surface area contributed by atoms with Crippen molar-refractivity contribution >= 4 is 23.4 Å². The second-order valence-electron chi connectivity index (χ2n) is 3.75. The number of thioether (sulfide) groups is 1. The number of carbonyl (C=O) groups is 1. The molecule has 0 aliphatic rings. The van der Waals surface area contributed by atoms with Crippen molar-refractivity contribution in [3.05, 3.63) is 47.7 Å². The predicted octanol–water partition coefficient (Wildman–Crippen LogP) is 1.90. The summed E-state index contributed by atoms with van der Waals surface area (Å²) in [4.78, 5) is 11.9. The highest BCUT2D eigenvalue weighted by molar-refractivity contribution is 7.98. The molecule has 0 saturated carbocycles. The van der Waals surface area contributed by atoms with E-state index < -0.39 is 5.91 Å². The molecule has 0 atom stereocenters. The predicted molar refractivity (Wildman–Crippen MR) is 70.7 cm³/mol. The van der Waals surface area contributed by atoms with E-state index in [2.05, 4.69) is 0 Å². The van der Waals surface area contributed by atoms with Crippen LogP contribution in [0.15, 0.2) is 39.6 Å². The first-order chi connectivity index (χ1) is 9.08. The van der Waals surface area contributed by atoms with Gasteiger partial charge in [-0.15, -0.1) is 11.8 Å². The molecule has 0 aliphatic carbocycles. The number of nitrogen functional groups attached to an aromatic ring is 2. The van der Waals surface area contributed by atoms with Gasteiger partial charge < -0.3 is 10.2 Å². The standard InChI is InChI=1S/C12H12FN3O2S/c13-7-3-8(14)5-10(4-7)19-6-9-1-2-11(18-9)12(17)16-15/h1-5H,6,14-15H2,(H,16,17). The fraction of sp³-hybridized carbons (Fsp3) is 0.0833. The number of hydrogen-bond donors (Lipinski definition) is 3. The molecule has 2 rings (SSSR count). The summed E-state index contributed by atoms with van der Waals surface area (Å²) >= 11 is 1.36. The number of carbonyl (C=O) groups excluding carboxylic acids is 1. The lowest BCUT2D eigenvalue weighted by atomic mass is 10.3. The highest BCUT2D eigenvalue weighted by Gasteiger charge is 2.10. The van der Waals surface area contributed by atoms with Crippen molar-refractivity contribution in [2.45, 2.75) is 10.6 Å². The van der Waals surface area contributed by atoms with E-state index in [-0.39, 0.29) is 11.6 Å². The molecule has 19 heavy (non-hydrogen) atoms. The topological polar surface area (TPSA) is 94.3 Å². The molecule has 1 amide bonds. The van der Waals surface area contributed by atoms with Crippen LogP contribution in [0.25, 0.3) is 0 Å². The van der Waals surface area contributed by atoms with Gasteiger partial charge in [0, 0.05) is 10.6 Å². The van der Waals surface area contributed by atoms with Crippen LogP contribution >= 0.6 is 11.8 Å². The van der Waals surface area contributed by atoms with Gasteiger partial charge in [-0.2, -0.15) is 0 Å². The van der Waals surface area contributed by atoms with E-state index in [1.54, 1.807) is 12.1 Å². The third-order valence-electron chi connectivity index (χ3n) is 2.29. The molecule has 1 aromatic carbocycles. The Bertz CT molecular complexity index is 580. The van der Waals surface area contributed by atoms with E-state index >= 15 is 0 Å². The molecular weight excluding hydrogens is 269 g/mol. The second kappa shape index (κ2) is 5.77. The average molecular weight is 281 g/mol. The quantitative estimate of drug-likeness (QED) is 0.261. The Balaban J connectivity index is 2.02. The minimum absolute atomic E-state index is 0.136. The normalized spacial score (nSPS) is 10.4. The Labute approximate surface area is 113 Å². The lowest BCUT2D eigenvalue weighted by molar-refractivity contribution is 0.0924. The SMILES string of the molecule is NNC(=O)c1ccc(CSc2cc(N)cc(F)c2)o1. The van der Waals surface area contributed by atoms with E-state index in [0.29, 0.717) is 22.1 Å². The molecule has 7 heteroatoms. The van der Waals surface area contributed by atoms with E-state index in [0.717, 1.165) is 0 Å². The second-order valence-corrected chi connectivity index (χ2v) is 4.80. The number of hydrazine groups is 1. The zero-order valence-electron chi connectivity index (χ0n) is 9.85. The summed E-state index contributed by atoms with van der Waals surface area (Å²) < 4.78 is 18.4. The number of nitrogens with two attached hydrogens (primary N) is 2. The smallest absolute Gasteiger partial charge is 0.300 e. The first-order valence-electron chi connectivity index (χ1n) is 5.37. The Morgan fingerprint density at radius 2 is 2.16 bits per heavy atom. The summed E-state index contributed by atoms with van der Waals surface area (Å²) in [5, 5.41) is 0. The molecule has 1 heterocycles. The number of hydrogen-bond acceptors (Lipinski definition) is 5. The van der Waals surface area contributed by atoms with Crippen molar-refractivity contribution in [2.24, 2.45) is 5.84 Å². The molecule has 0 fully saturated rings. The Kier molecular flexibility index (Phi) is 4.08. The third-order valence-corrected chi connectivity index (χ3v) is 3.29. The Morgan fingerprint density at radius 1 is 1.37 bits per heavy atom. The van der Waals surface area contributed by atoms with Gasteiger partial charge in [0.25, 0.3) is 0 Å². The molecule has 0 saturated heterocycles. The van der Waals surface area contributed by atoms with Gasteiger partial charge >= 0.3 is 5.91 Å². The minimum atomic E-state index is -0.494. The maximum Gasteiger partial charge on any atom is 0.300 e. The summed E-state index contributed by atoms with van der Waals surface area (Å²) in [6, 6.07) is 7.50. The Morgan fingerprint density at radius 3 is 2.84 bits per heavy atom. The summed E-state index contributed by atoms with van der Waals surface area (Å²) in [6.45, 7) is 0. The summed E-state index contributed by atoms with van der Waals surface area (Å²) in [5.41, 5.74) is 7.89. The molecule has 5 N–H and O–H groups in total. The van der Waals surface area contributed by atoms with Gasteiger partial charge in [-0.1, -0.05) is 0 Å². The van der Waals surface area contributed by atoms with E-state index in [9.17, 15) is 9.18 Å². The van der Waals surface area contributed by atoms with Gasteiger partial charge in [0.1, 0.15) is 11.6 Å². The van der Waals surface area contributed by atoms with Crippen LogP contribution in [-0.4, -0.2) is 5.91 Å². The van der Waals surface area contributed by atoms with Gasteiger partial charge in [-0.25, -0.2) is 10.2 Å². The van der Waals surface area contributed by atoms with Crippen molar-refractivity contribution in [2.75, 3.05) is 5.73 Å². The molecule has 2 aromatic rings. The van der Waals surface area contributed by atoms with Gasteiger partial charge in [0.2, 0.25) is 0 Å². The number of benzene rings is 1. The van der Waals surface area contributed by atoms with Crippen LogP contribution in [0.4, 0.5) is 10.1 Å². The summed E-state index contributed by atoms with van der Waals surface area (Å²) in [5.74, 6) is 5.30. The average Bonchev–Trinajstić information content (AvgIpc) is 2.83. The first-order valence-corrected chi connectivity index (χ1v) is 6.35. The number of anilines is 1. The largest absolute Gasteiger partial charge is 0.455 e. The fourth-order valence-electron chi connectivity index (χ4n) is 1.47. The first kappa shape index (κ1) is 13.4. The zero-order valence-corrected chi connectivity index (χ0v) is 10.7. The molecule has 1 aromatic heterocycles. The van der Waals surface area contributed by atoms with Gasteiger partial charge in [-0.05, 0) is 30.3 Å². The van der Waals surface area contributed by atoms with Gasteiger partial charge in [0.15, 0.2) is 5.76 Å². The fourth-order valence-corrected chi connectivity index (χ4v) is 2.35. The van der Waals surface area contributed by atoms with Gasteiger partial charge in [-0.3, -0.25) is 10.2 Å². The van der Waals surface area contributed by atoms with Crippen LogP contribution in [0.2, 0.25) is 0 Å². The number of halogens is 1. The number of furan rings is 1. The number of nitrogens with one attached hydrogen (secondary N) is 1. The van der Waals surface area contributed by atoms with Crippen molar-refractivity contribution in [1.82, 2.24) is 5.43 Å². The van der Waals surface area contributed by atoms with Crippen LogP contribution in [0.1, 0.15) is 16.3 Å². The van der Waals surface area contributed by atoms with E-state index in [1.807, 2.05) is 5.43 Å².